The van der Waals surface area contributed by atoms with E-state index in [0.29, 0.717) is 0 Å². The van der Waals surface area contributed by atoms with Crippen LogP contribution in [-0.2, 0) is 9.59 Å². The van der Waals surface area contributed by atoms with E-state index in [-0.39, 0.29) is 12.3 Å². The average Bonchev–Trinajstić information content (AvgIpc) is 2.76. The SMILES string of the molecule is O=C1NC(=O)[C@@H](CC(=O)N2CCCC2)N1. The molecule has 2 N–H and O–H groups in total. The lowest BCUT2D eigenvalue weighted by atomic mass is 10.2. The van der Waals surface area contributed by atoms with Gasteiger partial charge < -0.3 is 10.2 Å². The minimum atomic E-state index is -0.689. The van der Waals surface area contributed by atoms with E-state index in [1.54, 1.807) is 4.90 Å². The molecule has 0 unspecified atom stereocenters. The number of nitrogens with zero attached hydrogens (tertiary/aromatic N) is 1. The van der Waals surface area contributed by atoms with Crippen molar-refractivity contribution in [2.75, 3.05) is 13.1 Å². The van der Waals surface area contributed by atoms with Crippen molar-refractivity contribution in [3.8, 4) is 0 Å². The molecule has 2 rings (SSSR count). The third kappa shape index (κ3) is 2.08. The Kier molecular flexibility index (Phi) is 2.57. The summed E-state index contributed by atoms with van der Waals surface area (Å²) in [6.07, 6.45) is 2.11. The van der Waals surface area contributed by atoms with Crippen LogP contribution in [0.2, 0.25) is 0 Å². The first kappa shape index (κ1) is 9.95. The average molecular weight is 211 g/mol. The Morgan fingerprint density at radius 3 is 2.53 bits per heavy atom. The van der Waals surface area contributed by atoms with Crippen LogP contribution in [0.1, 0.15) is 19.3 Å². The maximum Gasteiger partial charge on any atom is 0.322 e. The van der Waals surface area contributed by atoms with Crippen LogP contribution in [0.25, 0.3) is 0 Å². The summed E-state index contributed by atoms with van der Waals surface area (Å²) in [5, 5.41) is 4.51. The van der Waals surface area contributed by atoms with Gasteiger partial charge in [-0.25, -0.2) is 4.79 Å². The highest BCUT2D eigenvalue weighted by Crippen LogP contribution is 2.10. The van der Waals surface area contributed by atoms with Crippen LogP contribution >= 0.6 is 0 Å². The smallest absolute Gasteiger partial charge is 0.322 e. The van der Waals surface area contributed by atoms with Gasteiger partial charge in [-0.05, 0) is 12.8 Å². The van der Waals surface area contributed by atoms with Gasteiger partial charge in [0, 0.05) is 13.1 Å². The molecule has 0 spiro atoms. The number of hydrogen-bond acceptors (Lipinski definition) is 3. The lowest BCUT2D eigenvalue weighted by Gasteiger charge is -2.16. The molecule has 4 amide bonds. The van der Waals surface area contributed by atoms with Crippen LogP contribution < -0.4 is 10.6 Å². The number of amides is 4. The van der Waals surface area contributed by atoms with Crippen LogP contribution in [0.5, 0.6) is 0 Å². The zero-order valence-corrected chi connectivity index (χ0v) is 8.28. The molecule has 0 aromatic carbocycles. The van der Waals surface area contributed by atoms with Crippen LogP contribution in [-0.4, -0.2) is 41.9 Å². The molecule has 2 saturated heterocycles. The minimum absolute atomic E-state index is 0.0603. The van der Waals surface area contributed by atoms with Gasteiger partial charge in [-0.15, -0.1) is 0 Å². The molecule has 0 bridgehead atoms. The maximum absolute atomic E-state index is 11.6. The number of hydrogen-bond donors (Lipinski definition) is 2. The molecule has 6 heteroatoms. The lowest BCUT2D eigenvalue weighted by Crippen LogP contribution is -2.37. The number of nitrogens with one attached hydrogen (secondary N) is 2. The topological polar surface area (TPSA) is 78.5 Å². The highest BCUT2D eigenvalue weighted by atomic mass is 16.2. The van der Waals surface area contributed by atoms with Crippen molar-refractivity contribution in [1.82, 2.24) is 15.5 Å². The third-order valence-electron chi connectivity index (χ3n) is 2.70. The van der Waals surface area contributed by atoms with E-state index >= 15 is 0 Å². The summed E-state index contributed by atoms with van der Waals surface area (Å²) < 4.78 is 0. The Balaban J connectivity index is 1.88. The summed E-state index contributed by atoms with van der Waals surface area (Å²) in [5.41, 5.74) is 0. The predicted octanol–water partition coefficient (Wildman–Crippen LogP) is -0.793. The molecule has 0 aliphatic carbocycles. The van der Waals surface area contributed by atoms with Crippen molar-refractivity contribution in [2.45, 2.75) is 25.3 Å². The summed E-state index contributed by atoms with van der Waals surface area (Å²) in [6.45, 7) is 1.53. The van der Waals surface area contributed by atoms with E-state index in [1.165, 1.54) is 0 Å². The van der Waals surface area contributed by atoms with E-state index in [9.17, 15) is 14.4 Å². The zero-order chi connectivity index (χ0) is 10.8. The maximum atomic E-state index is 11.6. The molecular weight excluding hydrogens is 198 g/mol. The first-order chi connectivity index (χ1) is 7.16. The summed E-state index contributed by atoms with van der Waals surface area (Å²) in [4.78, 5) is 35.4. The summed E-state index contributed by atoms with van der Waals surface area (Å²) >= 11 is 0. The van der Waals surface area contributed by atoms with Crippen molar-refractivity contribution >= 4 is 17.8 Å². The largest absolute Gasteiger partial charge is 0.343 e. The molecule has 0 aromatic rings. The van der Waals surface area contributed by atoms with Crippen molar-refractivity contribution in [2.24, 2.45) is 0 Å². The summed E-state index contributed by atoms with van der Waals surface area (Å²) in [5.74, 6) is -0.470. The Morgan fingerprint density at radius 1 is 1.33 bits per heavy atom. The van der Waals surface area contributed by atoms with E-state index in [0.717, 1.165) is 25.9 Å². The Labute approximate surface area is 87.0 Å². The molecule has 2 heterocycles. The fourth-order valence-corrected chi connectivity index (χ4v) is 1.87. The first-order valence-corrected chi connectivity index (χ1v) is 5.06. The van der Waals surface area contributed by atoms with E-state index < -0.39 is 18.0 Å². The van der Waals surface area contributed by atoms with Crippen LogP contribution in [0.3, 0.4) is 0 Å². The standard InChI is InChI=1S/C9H13N3O3/c13-7(12-3-1-2-4-12)5-6-8(14)11-9(15)10-6/h6H,1-5H2,(H2,10,11,14,15)/t6-/m1/s1. The predicted molar refractivity (Wildman–Crippen MR) is 50.9 cm³/mol. The van der Waals surface area contributed by atoms with Gasteiger partial charge in [0.15, 0.2) is 0 Å². The van der Waals surface area contributed by atoms with E-state index in [2.05, 4.69) is 10.6 Å². The monoisotopic (exact) mass is 211 g/mol. The highest BCUT2D eigenvalue weighted by Gasteiger charge is 2.32. The van der Waals surface area contributed by atoms with Crippen LogP contribution in [0.4, 0.5) is 4.79 Å². The third-order valence-corrected chi connectivity index (χ3v) is 2.70. The second-order valence-electron chi connectivity index (χ2n) is 3.81. The van der Waals surface area contributed by atoms with Gasteiger partial charge in [-0.2, -0.15) is 0 Å². The number of likely N-dealkylation sites (tertiary alicyclic amines) is 1. The van der Waals surface area contributed by atoms with Gasteiger partial charge in [0.2, 0.25) is 5.91 Å². The Hall–Kier alpha value is -1.59. The normalized spacial score (nSPS) is 25.3. The molecule has 0 saturated carbocycles. The first-order valence-electron chi connectivity index (χ1n) is 5.06. The van der Waals surface area contributed by atoms with Crippen LogP contribution in [0.15, 0.2) is 0 Å². The number of imide groups is 1. The van der Waals surface area contributed by atoms with Crippen molar-refractivity contribution in [1.29, 1.82) is 0 Å². The van der Waals surface area contributed by atoms with Crippen LogP contribution in [0, 0.1) is 0 Å². The molecule has 82 valence electrons. The van der Waals surface area contributed by atoms with Gasteiger partial charge in [0.1, 0.15) is 6.04 Å². The molecule has 6 nitrogen and oxygen atoms in total. The summed E-state index contributed by atoms with van der Waals surface area (Å²) in [7, 11) is 0. The number of urea groups is 1. The number of rotatable bonds is 2. The quantitative estimate of drug-likeness (QED) is 0.587. The molecule has 0 radical (unpaired) electrons. The van der Waals surface area contributed by atoms with Crippen molar-refractivity contribution in [3.05, 3.63) is 0 Å². The summed E-state index contributed by atoms with van der Waals surface area (Å²) in [6, 6.07) is -1.20. The fourth-order valence-electron chi connectivity index (χ4n) is 1.87. The Morgan fingerprint density at radius 2 is 2.00 bits per heavy atom. The second-order valence-corrected chi connectivity index (χ2v) is 3.81. The number of carbonyl (C=O) groups excluding carboxylic acids is 3. The van der Waals surface area contributed by atoms with E-state index in [1.807, 2.05) is 0 Å². The molecule has 2 aliphatic rings. The lowest BCUT2D eigenvalue weighted by molar-refractivity contribution is -0.133. The zero-order valence-electron chi connectivity index (χ0n) is 8.28. The second kappa shape index (κ2) is 3.88. The molecular formula is C9H13N3O3. The molecule has 2 aliphatic heterocycles. The van der Waals surface area contributed by atoms with Gasteiger partial charge in [0.05, 0.1) is 6.42 Å². The molecule has 2 fully saturated rings. The minimum Gasteiger partial charge on any atom is -0.343 e. The highest BCUT2D eigenvalue weighted by molar-refractivity contribution is 6.05. The Bertz CT molecular complexity index is 310. The molecule has 1 atom stereocenters. The van der Waals surface area contributed by atoms with Crippen molar-refractivity contribution in [3.63, 3.8) is 0 Å². The van der Waals surface area contributed by atoms with E-state index in [4.69, 9.17) is 0 Å². The van der Waals surface area contributed by atoms with Gasteiger partial charge >= 0.3 is 6.03 Å². The molecule has 0 aromatic heterocycles. The van der Waals surface area contributed by atoms with Crippen molar-refractivity contribution < 1.29 is 14.4 Å². The fraction of sp³-hybridized carbons (Fsp3) is 0.667. The van der Waals surface area contributed by atoms with Gasteiger partial charge in [0.25, 0.3) is 5.91 Å². The van der Waals surface area contributed by atoms with Gasteiger partial charge in [-0.1, -0.05) is 0 Å². The number of carbonyl (C=O) groups is 3. The molecule has 15 heavy (non-hydrogen) atoms. The van der Waals surface area contributed by atoms with Gasteiger partial charge in [-0.3, -0.25) is 14.9 Å².